The van der Waals surface area contributed by atoms with Crippen LogP contribution in [0.3, 0.4) is 0 Å². The molecule has 0 atom stereocenters. The summed E-state index contributed by atoms with van der Waals surface area (Å²) in [6.45, 7) is 2.32. The Morgan fingerprint density at radius 3 is 2.46 bits per heavy atom. The van der Waals surface area contributed by atoms with Crippen LogP contribution in [-0.2, 0) is 20.9 Å². The van der Waals surface area contributed by atoms with Crippen molar-refractivity contribution in [1.82, 2.24) is 5.32 Å². The summed E-state index contributed by atoms with van der Waals surface area (Å²) in [5, 5.41) is 2.47. The molecule has 0 aromatic heterocycles. The molecule has 0 bridgehead atoms. The monoisotopic (exact) mass is 333 g/mol. The summed E-state index contributed by atoms with van der Waals surface area (Å²) in [7, 11) is 1.29. The highest BCUT2D eigenvalue weighted by Crippen LogP contribution is 2.08. The van der Waals surface area contributed by atoms with E-state index in [1.165, 1.54) is 26.4 Å². The number of amides is 1. The first-order chi connectivity index (χ1) is 11.7. The third kappa shape index (κ3) is 8.36. The first-order valence-electron chi connectivity index (χ1n) is 8.43. The van der Waals surface area contributed by atoms with Gasteiger partial charge in [-0.05, 0) is 18.4 Å². The van der Waals surface area contributed by atoms with Gasteiger partial charge in [0.05, 0.1) is 7.11 Å². The maximum absolute atomic E-state index is 11.8. The van der Waals surface area contributed by atoms with Gasteiger partial charge in [-0.15, -0.1) is 0 Å². The molecule has 1 amide bonds. The minimum Gasteiger partial charge on any atom is -0.464 e. The number of unbranched alkanes of at least 4 members (excludes halogenated alkanes) is 5. The highest BCUT2D eigenvalue weighted by molar-refractivity contribution is 5.92. The van der Waals surface area contributed by atoms with Crippen LogP contribution in [0.25, 0.3) is 0 Å². The number of benzene rings is 1. The molecule has 0 aliphatic carbocycles. The van der Waals surface area contributed by atoms with Gasteiger partial charge in [-0.3, -0.25) is 5.32 Å². The average molecular weight is 333 g/mol. The summed E-state index contributed by atoms with van der Waals surface area (Å²) in [6.07, 6.45) is 7.43. The van der Waals surface area contributed by atoms with Crippen LogP contribution in [0.15, 0.2) is 42.1 Å². The third-order valence-corrected chi connectivity index (χ3v) is 3.51. The van der Waals surface area contributed by atoms with Crippen molar-refractivity contribution in [1.29, 1.82) is 0 Å². The number of alkyl carbamates (subject to hydrolysis) is 1. The summed E-state index contributed by atoms with van der Waals surface area (Å²) in [4.78, 5) is 23.6. The lowest BCUT2D eigenvalue weighted by molar-refractivity contribution is -0.136. The number of hydrogen-bond acceptors (Lipinski definition) is 4. The van der Waals surface area contributed by atoms with E-state index in [0.29, 0.717) is 6.42 Å². The van der Waals surface area contributed by atoms with E-state index in [1.54, 1.807) is 6.08 Å². The van der Waals surface area contributed by atoms with Crippen LogP contribution in [0.2, 0.25) is 0 Å². The molecule has 0 saturated heterocycles. The van der Waals surface area contributed by atoms with E-state index < -0.39 is 12.1 Å². The Balaban J connectivity index is 2.43. The van der Waals surface area contributed by atoms with Crippen LogP contribution in [0.4, 0.5) is 4.79 Å². The molecule has 0 spiro atoms. The van der Waals surface area contributed by atoms with Crippen molar-refractivity contribution >= 4 is 12.1 Å². The lowest BCUT2D eigenvalue weighted by Crippen LogP contribution is -2.28. The van der Waals surface area contributed by atoms with Gasteiger partial charge in [-0.2, -0.15) is 0 Å². The number of carbonyl (C=O) groups is 2. The molecule has 0 radical (unpaired) electrons. The second-order valence-electron chi connectivity index (χ2n) is 5.50. The molecule has 24 heavy (non-hydrogen) atoms. The van der Waals surface area contributed by atoms with Crippen molar-refractivity contribution in [3.63, 3.8) is 0 Å². The minimum absolute atomic E-state index is 0.131. The van der Waals surface area contributed by atoms with Gasteiger partial charge in [0.15, 0.2) is 0 Å². The number of hydrogen-bond donors (Lipinski definition) is 1. The number of rotatable bonds is 10. The van der Waals surface area contributed by atoms with E-state index in [0.717, 1.165) is 18.4 Å². The Morgan fingerprint density at radius 2 is 1.79 bits per heavy atom. The largest absolute Gasteiger partial charge is 0.464 e. The first kappa shape index (κ1) is 19.7. The number of ether oxygens (including phenoxy) is 2. The zero-order valence-corrected chi connectivity index (χ0v) is 14.5. The summed E-state index contributed by atoms with van der Waals surface area (Å²) in [5.41, 5.74) is 1.01. The lowest BCUT2D eigenvalue weighted by atomic mass is 10.1. The Kier molecular flexibility index (Phi) is 10.0. The predicted molar refractivity (Wildman–Crippen MR) is 93.2 cm³/mol. The number of methoxy groups -OCH3 is 1. The first-order valence-corrected chi connectivity index (χ1v) is 8.43. The molecule has 0 saturated carbocycles. The van der Waals surface area contributed by atoms with Crippen LogP contribution in [0.5, 0.6) is 0 Å². The van der Waals surface area contributed by atoms with Gasteiger partial charge in [0.25, 0.3) is 0 Å². The lowest BCUT2D eigenvalue weighted by Gasteiger charge is -2.09. The van der Waals surface area contributed by atoms with E-state index >= 15 is 0 Å². The Morgan fingerprint density at radius 1 is 1.08 bits per heavy atom. The van der Waals surface area contributed by atoms with Crippen LogP contribution < -0.4 is 5.32 Å². The van der Waals surface area contributed by atoms with Gasteiger partial charge in [0.1, 0.15) is 12.3 Å². The molecule has 5 heteroatoms. The highest BCUT2D eigenvalue weighted by atomic mass is 16.6. The molecular formula is C19H27NO4. The molecule has 0 unspecified atom stereocenters. The van der Waals surface area contributed by atoms with E-state index in [9.17, 15) is 9.59 Å². The van der Waals surface area contributed by atoms with Crippen molar-refractivity contribution < 1.29 is 19.1 Å². The maximum atomic E-state index is 11.8. The van der Waals surface area contributed by atoms with Gasteiger partial charge in [0, 0.05) is 0 Å². The van der Waals surface area contributed by atoms with Crippen LogP contribution >= 0.6 is 0 Å². The predicted octanol–water partition coefficient (Wildman–Crippen LogP) is 4.33. The number of nitrogens with one attached hydrogen (secondary N) is 1. The fraction of sp³-hybridized carbons (Fsp3) is 0.474. The standard InChI is InChI=1S/C19H27NO4/c1-3-4-5-6-7-11-14-17(18(21)23-2)20-19(22)24-15-16-12-9-8-10-13-16/h8-10,12-14H,3-7,11,15H2,1-2H3,(H,20,22)/b17-14+. The van der Waals surface area contributed by atoms with Gasteiger partial charge in [-0.1, -0.05) is 69.0 Å². The minimum atomic E-state index is -0.665. The average Bonchev–Trinajstić information content (AvgIpc) is 2.62. The zero-order chi connectivity index (χ0) is 17.6. The van der Waals surface area contributed by atoms with E-state index in [1.807, 2.05) is 30.3 Å². The van der Waals surface area contributed by atoms with E-state index in [-0.39, 0.29) is 12.3 Å². The molecule has 1 aromatic carbocycles. The molecule has 5 nitrogen and oxygen atoms in total. The molecule has 0 aliphatic heterocycles. The molecular weight excluding hydrogens is 306 g/mol. The van der Waals surface area contributed by atoms with Crippen molar-refractivity contribution in [3.8, 4) is 0 Å². The van der Waals surface area contributed by atoms with Crippen molar-refractivity contribution in [3.05, 3.63) is 47.7 Å². The molecule has 1 N–H and O–H groups in total. The summed E-state index contributed by atoms with van der Waals surface area (Å²) >= 11 is 0. The quantitative estimate of drug-likeness (QED) is 0.393. The second kappa shape index (κ2) is 12.2. The fourth-order valence-corrected chi connectivity index (χ4v) is 2.16. The number of carbonyl (C=O) groups excluding carboxylic acids is 2. The van der Waals surface area contributed by atoms with Gasteiger partial charge < -0.3 is 9.47 Å². The zero-order valence-electron chi connectivity index (χ0n) is 14.5. The number of esters is 1. The van der Waals surface area contributed by atoms with Crippen molar-refractivity contribution in [2.24, 2.45) is 0 Å². The maximum Gasteiger partial charge on any atom is 0.412 e. The van der Waals surface area contributed by atoms with Gasteiger partial charge in [0.2, 0.25) is 0 Å². The molecule has 0 heterocycles. The van der Waals surface area contributed by atoms with Gasteiger partial charge in [-0.25, -0.2) is 9.59 Å². The van der Waals surface area contributed by atoms with Crippen molar-refractivity contribution in [2.45, 2.75) is 52.1 Å². The van der Waals surface area contributed by atoms with Crippen LogP contribution in [0.1, 0.15) is 51.0 Å². The summed E-state index contributed by atoms with van der Waals surface area (Å²) in [6, 6.07) is 9.35. The highest BCUT2D eigenvalue weighted by Gasteiger charge is 2.13. The van der Waals surface area contributed by atoms with Gasteiger partial charge >= 0.3 is 12.1 Å². The molecule has 0 fully saturated rings. The number of allylic oxidation sites excluding steroid dienone is 1. The fourth-order valence-electron chi connectivity index (χ4n) is 2.16. The van der Waals surface area contributed by atoms with E-state index in [2.05, 4.69) is 12.2 Å². The molecule has 1 rings (SSSR count). The Bertz CT molecular complexity index is 525. The van der Waals surface area contributed by atoms with Crippen LogP contribution in [-0.4, -0.2) is 19.2 Å². The van der Waals surface area contributed by atoms with Crippen molar-refractivity contribution in [2.75, 3.05) is 7.11 Å². The smallest absolute Gasteiger partial charge is 0.412 e. The molecule has 132 valence electrons. The Labute approximate surface area is 144 Å². The summed E-state index contributed by atoms with van der Waals surface area (Å²) < 4.78 is 9.81. The SMILES string of the molecule is CCCCCCC/C=C(/NC(=O)OCc1ccccc1)C(=O)OC. The topological polar surface area (TPSA) is 64.6 Å². The molecule has 1 aromatic rings. The van der Waals surface area contributed by atoms with E-state index in [4.69, 9.17) is 9.47 Å². The summed E-state index contributed by atoms with van der Waals surface area (Å²) in [5.74, 6) is -0.569. The molecule has 0 aliphatic rings. The van der Waals surface area contributed by atoms with Crippen LogP contribution in [0, 0.1) is 0 Å². The third-order valence-electron chi connectivity index (χ3n) is 3.51. The normalized spacial score (nSPS) is 11.0. The second-order valence-corrected chi connectivity index (χ2v) is 5.50. The Hall–Kier alpha value is -2.30.